The zero-order valence-corrected chi connectivity index (χ0v) is 11.6. The molecule has 0 amide bonds. The van der Waals surface area contributed by atoms with Gasteiger partial charge in [-0.25, -0.2) is 9.78 Å². The molecule has 1 aromatic carbocycles. The highest BCUT2D eigenvalue weighted by atomic mass is 16.6. The number of rotatable bonds is 5. The molecule has 21 heavy (non-hydrogen) atoms. The van der Waals surface area contributed by atoms with Crippen molar-refractivity contribution in [3.05, 3.63) is 45.3 Å². The third-order valence-corrected chi connectivity index (χ3v) is 3.03. The number of nitro benzene ring substituents is 1. The number of carbonyl (C=O) groups is 1. The maximum absolute atomic E-state index is 11.1. The summed E-state index contributed by atoms with van der Waals surface area (Å²) in [6.07, 6.45) is 1.24. The molecule has 7 heteroatoms. The fraction of sp³-hybridized carbons (Fsp3) is 0.286. The topological polar surface area (TPSA) is 106 Å². The van der Waals surface area contributed by atoms with Gasteiger partial charge in [-0.05, 0) is 25.0 Å². The normalized spacial score (nSPS) is 10.6. The number of carboxylic acids is 1. The molecule has 1 heterocycles. The first kappa shape index (κ1) is 14.7. The Bertz CT molecular complexity index is 705. The molecule has 0 aliphatic heterocycles. The van der Waals surface area contributed by atoms with E-state index in [1.54, 1.807) is 6.92 Å². The van der Waals surface area contributed by atoms with Crippen LogP contribution in [0.3, 0.4) is 0 Å². The Balaban J connectivity index is 2.49. The van der Waals surface area contributed by atoms with E-state index >= 15 is 0 Å². The molecule has 1 aromatic heterocycles. The van der Waals surface area contributed by atoms with Gasteiger partial charge in [0.2, 0.25) is 11.7 Å². The van der Waals surface area contributed by atoms with Crippen LogP contribution in [0.15, 0.2) is 22.6 Å². The van der Waals surface area contributed by atoms with E-state index in [4.69, 9.17) is 9.52 Å². The van der Waals surface area contributed by atoms with Crippen LogP contribution in [0.4, 0.5) is 5.69 Å². The highest BCUT2D eigenvalue weighted by Crippen LogP contribution is 2.28. The Morgan fingerprint density at radius 2 is 2.19 bits per heavy atom. The Kier molecular flexibility index (Phi) is 4.02. The molecule has 2 rings (SSSR count). The Morgan fingerprint density at radius 3 is 2.71 bits per heavy atom. The van der Waals surface area contributed by atoms with Crippen LogP contribution in [0.2, 0.25) is 0 Å². The highest BCUT2D eigenvalue weighted by molar-refractivity contribution is 5.86. The number of aryl methyl sites for hydroxylation is 2. The number of nitro groups is 1. The molecule has 1 N–H and O–H groups in total. The van der Waals surface area contributed by atoms with Crippen LogP contribution < -0.4 is 0 Å². The second-order valence-electron chi connectivity index (χ2n) is 4.61. The van der Waals surface area contributed by atoms with Gasteiger partial charge in [0.15, 0.2) is 0 Å². The minimum absolute atomic E-state index is 0.0324. The largest absolute Gasteiger partial charge is 0.475 e. The average molecular weight is 290 g/mol. The van der Waals surface area contributed by atoms with E-state index in [1.165, 1.54) is 18.2 Å². The van der Waals surface area contributed by atoms with E-state index in [9.17, 15) is 14.9 Å². The zero-order chi connectivity index (χ0) is 15.6. The number of oxazole rings is 1. The molecule has 110 valence electrons. The SMILES string of the molecule is CCCc1nc(-c2ccc([N+](=O)[O-])cc2C)oc1C(=O)O. The molecule has 7 nitrogen and oxygen atoms in total. The van der Waals surface area contributed by atoms with E-state index in [2.05, 4.69) is 4.98 Å². The summed E-state index contributed by atoms with van der Waals surface area (Å²) < 4.78 is 5.32. The predicted octanol–water partition coefficient (Wildman–Crippen LogP) is 3.21. The molecule has 0 saturated heterocycles. The van der Waals surface area contributed by atoms with Crippen LogP contribution >= 0.6 is 0 Å². The summed E-state index contributed by atoms with van der Waals surface area (Å²) in [5.74, 6) is -1.18. The standard InChI is InChI=1S/C14H14N2O5/c1-3-4-11-12(14(17)18)21-13(15-11)10-6-5-9(16(19)20)7-8(10)2/h5-7H,3-4H2,1-2H3,(H,17,18). The third kappa shape index (κ3) is 2.91. The zero-order valence-electron chi connectivity index (χ0n) is 11.6. The van der Waals surface area contributed by atoms with Gasteiger partial charge in [-0.1, -0.05) is 13.3 Å². The maximum Gasteiger partial charge on any atom is 0.373 e. The predicted molar refractivity (Wildman–Crippen MR) is 74.3 cm³/mol. The average Bonchev–Trinajstić information content (AvgIpc) is 2.83. The molecule has 0 aliphatic carbocycles. The van der Waals surface area contributed by atoms with Gasteiger partial charge < -0.3 is 9.52 Å². The van der Waals surface area contributed by atoms with E-state index < -0.39 is 10.9 Å². The van der Waals surface area contributed by atoms with Crippen LogP contribution in [-0.4, -0.2) is 21.0 Å². The smallest absolute Gasteiger partial charge is 0.373 e. The fourth-order valence-electron chi connectivity index (χ4n) is 2.04. The first-order valence-electron chi connectivity index (χ1n) is 6.42. The third-order valence-electron chi connectivity index (χ3n) is 3.03. The van der Waals surface area contributed by atoms with Gasteiger partial charge in [-0.2, -0.15) is 0 Å². The Hall–Kier alpha value is -2.70. The molecule has 0 atom stereocenters. The van der Waals surface area contributed by atoms with Gasteiger partial charge in [0, 0.05) is 17.7 Å². The number of non-ortho nitro benzene ring substituents is 1. The van der Waals surface area contributed by atoms with Crippen molar-refractivity contribution >= 4 is 11.7 Å². The van der Waals surface area contributed by atoms with Crippen molar-refractivity contribution in [2.24, 2.45) is 0 Å². The molecule has 0 saturated carbocycles. The van der Waals surface area contributed by atoms with Crippen molar-refractivity contribution in [3.63, 3.8) is 0 Å². The van der Waals surface area contributed by atoms with Crippen LogP contribution in [-0.2, 0) is 6.42 Å². The molecule has 0 unspecified atom stereocenters. The molecule has 0 aliphatic rings. The van der Waals surface area contributed by atoms with Crippen LogP contribution in [0.25, 0.3) is 11.5 Å². The summed E-state index contributed by atoms with van der Waals surface area (Å²) in [5.41, 5.74) is 1.50. The lowest BCUT2D eigenvalue weighted by Crippen LogP contribution is -1.99. The van der Waals surface area contributed by atoms with Crippen LogP contribution in [0.1, 0.15) is 35.2 Å². The number of hydrogen-bond acceptors (Lipinski definition) is 5. The van der Waals surface area contributed by atoms with Gasteiger partial charge in [0.05, 0.1) is 10.6 Å². The van der Waals surface area contributed by atoms with Gasteiger partial charge in [0.25, 0.3) is 5.69 Å². The van der Waals surface area contributed by atoms with Gasteiger partial charge in [0.1, 0.15) is 0 Å². The number of carboxylic acid groups (broad SMARTS) is 1. The van der Waals surface area contributed by atoms with E-state index in [1.807, 2.05) is 6.92 Å². The number of hydrogen-bond donors (Lipinski definition) is 1. The number of benzene rings is 1. The molecule has 0 spiro atoms. The van der Waals surface area contributed by atoms with E-state index in [0.717, 1.165) is 6.42 Å². The van der Waals surface area contributed by atoms with Gasteiger partial charge in [-0.3, -0.25) is 10.1 Å². The van der Waals surface area contributed by atoms with Crippen molar-refractivity contribution in [2.45, 2.75) is 26.7 Å². The summed E-state index contributed by atoms with van der Waals surface area (Å²) in [6.45, 7) is 3.60. The van der Waals surface area contributed by atoms with Crippen molar-refractivity contribution in [1.82, 2.24) is 4.98 Å². The number of aromatic carboxylic acids is 1. The summed E-state index contributed by atoms with van der Waals surface area (Å²) in [5, 5.41) is 19.8. The maximum atomic E-state index is 11.1. The Labute approximate surface area is 120 Å². The second kappa shape index (κ2) is 5.74. The number of nitrogens with zero attached hydrogens (tertiary/aromatic N) is 2. The summed E-state index contributed by atoms with van der Waals surface area (Å²) in [7, 11) is 0. The molecular formula is C14H14N2O5. The second-order valence-corrected chi connectivity index (χ2v) is 4.61. The molecule has 0 radical (unpaired) electrons. The molecular weight excluding hydrogens is 276 g/mol. The minimum atomic E-state index is -1.17. The fourth-order valence-corrected chi connectivity index (χ4v) is 2.04. The van der Waals surface area contributed by atoms with Gasteiger partial charge in [-0.15, -0.1) is 0 Å². The van der Waals surface area contributed by atoms with Crippen molar-refractivity contribution in [1.29, 1.82) is 0 Å². The molecule has 2 aromatic rings. The first-order chi connectivity index (χ1) is 9.93. The minimum Gasteiger partial charge on any atom is -0.475 e. The molecule has 0 bridgehead atoms. The number of aromatic nitrogens is 1. The Morgan fingerprint density at radius 1 is 1.48 bits per heavy atom. The lowest BCUT2D eigenvalue weighted by Gasteiger charge is -2.00. The van der Waals surface area contributed by atoms with Gasteiger partial charge >= 0.3 is 5.97 Å². The van der Waals surface area contributed by atoms with Crippen LogP contribution in [0.5, 0.6) is 0 Å². The highest BCUT2D eigenvalue weighted by Gasteiger charge is 2.21. The van der Waals surface area contributed by atoms with Crippen LogP contribution in [0, 0.1) is 17.0 Å². The summed E-state index contributed by atoms with van der Waals surface area (Å²) in [4.78, 5) is 25.6. The summed E-state index contributed by atoms with van der Waals surface area (Å²) in [6, 6.07) is 4.26. The van der Waals surface area contributed by atoms with Crippen molar-refractivity contribution in [2.75, 3.05) is 0 Å². The van der Waals surface area contributed by atoms with E-state index in [-0.39, 0.29) is 17.3 Å². The van der Waals surface area contributed by atoms with Crippen molar-refractivity contribution in [3.8, 4) is 11.5 Å². The first-order valence-corrected chi connectivity index (χ1v) is 6.42. The monoisotopic (exact) mass is 290 g/mol. The quantitative estimate of drug-likeness (QED) is 0.669. The van der Waals surface area contributed by atoms with E-state index in [0.29, 0.717) is 23.2 Å². The molecule has 0 fully saturated rings. The summed E-state index contributed by atoms with van der Waals surface area (Å²) >= 11 is 0. The lowest BCUT2D eigenvalue weighted by atomic mass is 10.1. The lowest BCUT2D eigenvalue weighted by molar-refractivity contribution is -0.384. The van der Waals surface area contributed by atoms with Crippen molar-refractivity contribution < 1.29 is 19.2 Å².